The molecule has 2 atom stereocenters. The van der Waals surface area contributed by atoms with Gasteiger partial charge >= 0.3 is 12.0 Å². The van der Waals surface area contributed by atoms with E-state index in [0.717, 1.165) is 5.56 Å². The number of hydrogen-bond donors (Lipinski definition) is 2. The molecule has 6 heteroatoms. The minimum Gasteiger partial charge on any atom is -0.481 e. The first-order valence-electron chi connectivity index (χ1n) is 6.95. The number of nitrogens with zero attached hydrogens (tertiary/aromatic N) is 1. The van der Waals surface area contributed by atoms with Crippen LogP contribution in [0.4, 0.5) is 4.79 Å². The predicted octanol–water partition coefficient (Wildman–Crippen LogP) is 2.73. The molecular weight excluding hydrogens is 292 g/mol. The van der Waals surface area contributed by atoms with E-state index in [-0.39, 0.29) is 18.0 Å². The molecule has 21 heavy (non-hydrogen) atoms. The molecule has 0 saturated heterocycles. The number of carboxylic acids is 1. The Morgan fingerprint density at radius 3 is 2.71 bits per heavy atom. The number of hydrogen-bond acceptors (Lipinski definition) is 2. The van der Waals surface area contributed by atoms with Crippen LogP contribution in [-0.4, -0.2) is 35.1 Å². The highest BCUT2D eigenvalue weighted by molar-refractivity contribution is 6.31. The molecule has 0 aliphatic heterocycles. The van der Waals surface area contributed by atoms with Crippen LogP contribution < -0.4 is 5.32 Å². The molecule has 0 unspecified atom stereocenters. The molecule has 0 aromatic heterocycles. The van der Waals surface area contributed by atoms with E-state index in [1.807, 2.05) is 18.2 Å². The van der Waals surface area contributed by atoms with Gasteiger partial charge in [0.2, 0.25) is 0 Å². The molecule has 1 saturated carbocycles. The van der Waals surface area contributed by atoms with Crippen molar-refractivity contribution >= 4 is 23.6 Å². The Morgan fingerprint density at radius 2 is 2.10 bits per heavy atom. The maximum absolute atomic E-state index is 12.1. The largest absolute Gasteiger partial charge is 0.481 e. The first kappa shape index (κ1) is 15.6. The van der Waals surface area contributed by atoms with E-state index in [2.05, 4.69) is 5.32 Å². The third-order valence-electron chi connectivity index (χ3n) is 3.82. The standard InChI is InChI=1S/C15H19ClN2O3/c1-18(9-11-4-2-3-5-13(11)16)15(21)17-12-7-6-10(8-12)14(19)20/h2-5,10,12H,6-9H2,1H3,(H,17,21)(H,19,20)/t10-,12+/m1/s1. The number of rotatable bonds is 4. The van der Waals surface area contributed by atoms with Gasteiger partial charge in [-0.2, -0.15) is 0 Å². The van der Waals surface area contributed by atoms with Crippen LogP contribution in [0.2, 0.25) is 5.02 Å². The summed E-state index contributed by atoms with van der Waals surface area (Å²) in [5, 5.41) is 12.5. The third-order valence-corrected chi connectivity index (χ3v) is 4.19. The number of amides is 2. The molecule has 2 amide bonds. The molecule has 0 spiro atoms. The second kappa shape index (κ2) is 6.80. The number of urea groups is 1. The fourth-order valence-corrected chi connectivity index (χ4v) is 2.77. The Hall–Kier alpha value is -1.75. The molecule has 2 rings (SSSR count). The Balaban J connectivity index is 1.86. The maximum atomic E-state index is 12.1. The molecule has 0 bridgehead atoms. The Kier molecular flexibility index (Phi) is 5.07. The van der Waals surface area contributed by atoms with Gasteiger partial charge in [-0.15, -0.1) is 0 Å². The lowest BCUT2D eigenvalue weighted by Gasteiger charge is -2.21. The van der Waals surface area contributed by atoms with Crippen LogP contribution in [0.3, 0.4) is 0 Å². The van der Waals surface area contributed by atoms with Gasteiger partial charge < -0.3 is 15.3 Å². The van der Waals surface area contributed by atoms with Gasteiger partial charge in [0.15, 0.2) is 0 Å². The van der Waals surface area contributed by atoms with E-state index < -0.39 is 5.97 Å². The van der Waals surface area contributed by atoms with E-state index in [4.69, 9.17) is 16.7 Å². The topological polar surface area (TPSA) is 69.6 Å². The van der Waals surface area contributed by atoms with Gasteiger partial charge in [0.05, 0.1) is 5.92 Å². The number of nitrogens with one attached hydrogen (secondary N) is 1. The molecule has 1 aliphatic carbocycles. The molecule has 1 aliphatic rings. The zero-order valence-electron chi connectivity index (χ0n) is 11.9. The van der Waals surface area contributed by atoms with E-state index in [0.29, 0.717) is 30.8 Å². The highest BCUT2D eigenvalue weighted by Gasteiger charge is 2.31. The molecule has 5 nitrogen and oxygen atoms in total. The fraction of sp³-hybridized carbons (Fsp3) is 0.467. The molecule has 0 heterocycles. The average Bonchev–Trinajstić information content (AvgIpc) is 2.90. The van der Waals surface area contributed by atoms with Crippen molar-refractivity contribution in [2.75, 3.05) is 7.05 Å². The summed E-state index contributed by atoms with van der Waals surface area (Å²) in [4.78, 5) is 24.6. The zero-order valence-corrected chi connectivity index (χ0v) is 12.6. The minimum absolute atomic E-state index is 0.0627. The number of carboxylic acid groups (broad SMARTS) is 1. The van der Waals surface area contributed by atoms with Gasteiger partial charge in [0, 0.05) is 24.7 Å². The van der Waals surface area contributed by atoms with Crippen LogP contribution in [0.25, 0.3) is 0 Å². The summed E-state index contributed by atoms with van der Waals surface area (Å²) < 4.78 is 0. The van der Waals surface area contributed by atoms with Gasteiger partial charge in [-0.1, -0.05) is 29.8 Å². The predicted molar refractivity (Wildman–Crippen MR) is 80.2 cm³/mol. The first-order chi connectivity index (χ1) is 9.97. The quantitative estimate of drug-likeness (QED) is 0.898. The summed E-state index contributed by atoms with van der Waals surface area (Å²) in [6, 6.07) is 7.12. The van der Waals surface area contributed by atoms with Crippen molar-refractivity contribution in [2.45, 2.75) is 31.8 Å². The van der Waals surface area contributed by atoms with Crippen LogP contribution in [0.5, 0.6) is 0 Å². The summed E-state index contributed by atoms with van der Waals surface area (Å²) in [5.74, 6) is -1.12. The van der Waals surface area contributed by atoms with E-state index in [1.165, 1.54) is 0 Å². The van der Waals surface area contributed by atoms with Crippen molar-refractivity contribution in [1.29, 1.82) is 0 Å². The smallest absolute Gasteiger partial charge is 0.317 e. The van der Waals surface area contributed by atoms with Crippen LogP contribution in [0.1, 0.15) is 24.8 Å². The number of aliphatic carboxylic acids is 1. The SMILES string of the molecule is CN(Cc1ccccc1Cl)C(=O)N[C@H]1CC[C@@H](C(=O)O)C1. The number of benzene rings is 1. The van der Waals surface area contributed by atoms with Gasteiger partial charge in [0.1, 0.15) is 0 Å². The monoisotopic (exact) mass is 310 g/mol. The number of carbonyl (C=O) groups is 2. The molecular formula is C15H19ClN2O3. The summed E-state index contributed by atoms with van der Waals surface area (Å²) in [7, 11) is 1.70. The van der Waals surface area contributed by atoms with Crippen LogP contribution in [0.15, 0.2) is 24.3 Å². The highest BCUT2D eigenvalue weighted by Crippen LogP contribution is 2.25. The molecule has 1 aromatic carbocycles. The van der Waals surface area contributed by atoms with E-state index in [9.17, 15) is 9.59 Å². The van der Waals surface area contributed by atoms with E-state index in [1.54, 1.807) is 18.0 Å². The lowest BCUT2D eigenvalue weighted by atomic mass is 10.1. The van der Waals surface area contributed by atoms with Gasteiger partial charge in [-0.3, -0.25) is 4.79 Å². The van der Waals surface area contributed by atoms with Crippen molar-refractivity contribution < 1.29 is 14.7 Å². The molecule has 1 aromatic rings. The summed E-state index contributed by atoms with van der Waals surface area (Å²) in [6.07, 6.45) is 1.83. The second-order valence-corrected chi connectivity index (χ2v) is 5.85. The van der Waals surface area contributed by atoms with Crippen molar-refractivity contribution in [1.82, 2.24) is 10.2 Å². The average molecular weight is 311 g/mol. The Bertz CT molecular complexity index is 535. The summed E-state index contributed by atoms with van der Waals surface area (Å²) in [5.41, 5.74) is 0.881. The van der Waals surface area contributed by atoms with Gasteiger partial charge in [0.25, 0.3) is 0 Å². The van der Waals surface area contributed by atoms with Crippen molar-refractivity contribution in [2.24, 2.45) is 5.92 Å². The first-order valence-corrected chi connectivity index (χ1v) is 7.33. The maximum Gasteiger partial charge on any atom is 0.317 e. The number of carbonyl (C=O) groups excluding carboxylic acids is 1. The second-order valence-electron chi connectivity index (χ2n) is 5.44. The van der Waals surface area contributed by atoms with Crippen molar-refractivity contribution in [3.8, 4) is 0 Å². The van der Waals surface area contributed by atoms with Crippen molar-refractivity contribution in [3.05, 3.63) is 34.9 Å². The zero-order chi connectivity index (χ0) is 15.4. The van der Waals surface area contributed by atoms with E-state index >= 15 is 0 Å². The highest BCUT2D eigenvalue weighted by atomic mass is 35.5. The lowest BCUT2D eigenvalue weighted by Crippen LogP contribution is -2.42. The molecule has 0 radical (unpaired) electrons. The molecule has 2 N–H and O–H groups in total. The third kappa shape index (κ3) is 4.11. The van der Waals surface area contributed by atoms with Crippen molar-refractivity contribution in [3.63, 3.8) is 0 Å². The minimum atomic E-state index is -0.781. The van der Waals surface area contributed by atoms with Crippen LogP contribution in [0, 0.1) is 5.92 Å². The lowest BCUT2D eigenvalue weighted by molar-refractivity contribution is -0.141. The Morgan fingerprint density at radius 1 is 1.38 bits per heavy atom. The van der Waals surface area contributed by atoms with Crippen LogP contribution in [-0.2, 0) is 11.3 Å². The molecule has 1 fully saturated rings. The Labute approximate surface area is 128 Å². The normalized spacial score (nSPS) is 21.0. The summed E-state index contributed by atoms with van der Waals surface area (Å²) >= 11 is 6.07. The summed E-state index contributed by atoms with van der Waals surface area (Å²) in [6.45, 7) is 0.417. The van der Waals surface area contributed by atoms with Crippen LogP contribution >= 0.6 is 11.6 Å². The molecule has 114 valence electrons. The fourth-order valence-electron chi connectivity index (χ4n) is 2.58. The number of halogens is 1. The van der Waals surface area contributed by atoms with Gasteiger partial charge in [-0.05, 0) is 30.9 Å². The van der Waals surface area contributed by atoms with Gasteiger partial charge in [-0.25, -0.2) is 4.79 Å².